The maximum absolute atomic E-state index is 12.6. The van der Waals surface area contributed by atoms with E-state index in [-0.39, 0.29) is 5.75 Å². The van der Waals surface area contributed by atoms with Gasteiger partial charge in [-0.2, -0.15) is 0 Å². The van der Waals surface area contributed by atoms with E-state index in [9.17, 15) is 13.2 Å². The van der Waals surface area contributed by atoms with Crippen molar-refractivity contribution in [1.29, 1.82) is 0 Å². The smallest absolute Gasteiger partial charge is 0.497 e. The molecule has 5 nitrogen and oxygen atoms in total. The van der Waals surface area contributed by atoms with Crippen LogP contribution in [-0.4, -0.2) is 51.1 Å². The lowest BCUT2D eigenvalue weighted by atomic mass is 10.1. The molecule has 152 valence electrons. The number of hydrogen-bond donors (Lipinski definition) is 1. The Labute approximate surface area is 162 Å². The Bertz CT molecular complexity index is 777. The van der Waals surface area contributed by atoms with Gasteiger partial charge in [-0.25, -0.2) is 0 Å². The monoisotopic (exact) mass is 395 g/mol. The fourth-order valence-corrected chi connectivity index (χ4v) is 3.38. The molecule has 1 aliphatic rings. The zero-order chi connectivity index (χ0) is 20.1. The van der Waals surface area contributed by atoms with E-state index in [4.69, 9.17) is 10.5 Å². The van der Waals surface area contributed by atoms with E-state index >= 15 is 0 Å². The highest BCUT2D eigenvalue weighted by molar-refractivity contribution is 5.51. The number of benzene rings is 2. The van der Waals surface area contributed by atoms with Crippen molar-refractivity contribution in [1.82, 2.24) is 4.90 Å². The third kappa shape index (κ3) is 5.30. The molecule has 1 aliphatic heterocycles. The van der Waals surface area contributed by atoms with E-state index in [2.05, 4.69) is 14.5 Å². The zero-order valence-corrected chi connectivity index (χ0v) is 15.7. The van der Waals surface area contributed by atoms with Crippen LogP contribution in [0.2, 0.25) is 0 Å². The lowest BCUT2D eigenvalue weighted by molar-refractivity contribution is -0.275. The predicted molar refractivity (Wildman–Crippen MR) is 102 cm³/mol. The molecule has 1 saturated heterocycles. The number of para-hydroxylation sites is 1. The molecular formula is C20H24F3N3O2. The quantitative estimate of drug-likeness (QED) is 0.812. The summed E-state index contributed by atoms with van der Waals surface area (Å²) in [7, 11) is 1.64. The van der Waals surface area contributed by atoms with Crippen LogP contribution in [0.25, 0.3) is 0 Å². The Balaban J connectivity index is 1.59. The number of anilines is 1. The van der Waals surface area contributed by atoms with Crippen molar-refractivity contribution in [2.24, 2.45) is 5.73 Å². The highest BCUT2D eigenvalue weighted by atomic mass is 19.4. The first-order valence-corrected chi connectivity index (χ1v) is 9.07. The van der Waals surface area contributed by atoms with Crippen molar-refractivity contribution < 1.29 is 22.6 Å². The molecule has 2 aromatic carbocycles. The van der Waals surface area contributed by atoms with Gasteiger partial charge in [-0.05, 0) is 18.2 Å². The molecule has 28 heavy (non-hydrogen) atoms. The normalized spacial score (nSPS) is 16.7. The second-order valence-electron chi connectivity index (χ2n) is 6.68. The van der Waals surface area contributed by atoms with Crippen LogP contribution >= 0.6 is 0 Å². The largest absolute Gasteiger partial charge is 0.573 e. The van der Waals surface area contributed by atoms with Crippen LogP contribution in [0.5, 0.6) is 11.5 Å². The second-order valence-corrected chi connectivity index (χ2v) is 6.68. The van der Waals surface area contributed by atoms with Crippen molar-refractivity contribution in [3.63, 3.8) is 0 Å². The minimum Gasteiger partial charge on any atom is -0.497 e. The van der Waals surface area contributed by atoms with Crippen molar-refractivity contribution in [2.75, 3.05) is 44.7 Å². The first kappa shape index (κ1) is 20.3. The van der Waals surface area contributed by atoms with Crippen molar-refractivity contribution >= 4 is 5.69 Å². The van der Waals surface area contributed by atoms with Crippen LogP contribution in [0, 0.1) is 0 Å². The molecule has 1 heterocycles. The van der Waals surface area contributed by atoms with E-state index in [1.54, 1.807) is 19.2 Å². The summed E-state index contributed by atoms with van der Waals surface area (Å²) in [4.78, 5) is 4.41. The molecule has 0 aliphatic carbocycles. The lowest BCUT2D eigenvalue weighted by Gasteiger charge is -2.37. The predicted octanol–water partition coefficient (Wildman–Crippen LogP) is 3.42. The number of alkyl halides is 3. The van der Waals surface area contributed by atoms with Crippen LogP contribution in [0.3, 0.4) is 0 Å². The zero-order valence-electron chi connectivity index (χ0n) is 15.7. The molecule has 1 fully saturated rings. The van der Waals surface area contributed by atoms with E-state index in [0.29, 0.717) is 12.1 Å². The average molecular weight is 395 g/mol. The molecule has 0 spiro atoms. The van der Waals surface area contributed by atoms with Crippen molar-refractivity contribution in [3.05, 3.63) is 54.1 Å². The number of hydrogen-bond acceptors (Lipinski definition) is 5. The summed E-state index contributed by atoms with van der Waals surface area (Å²) >= 11 is 0. The van der Waals surface area contributed by atoms with Gasteiger partial charge in [-0.15, -0.1) is 13.2 Å². The Morgan fingerprint density at radius 2 is 1.75 bits per heavy atom. The average Bonchev–Trinajstić information content (AvgIpc) is 2.68. The third-order valence-electron chi connectivity index (χ3n) is 4.79. The number of rotatable bonds is 6. The van der Waals surface area contributed by atoms with Gasteiger partial charge in [0.15, 0.2) is 0 Å². The Kier molecular flexibility index (Phi) is 6.31. The number of piperazine rings is 1. The summed E-state index contributed by atoms with van der Waals surface area (Å²) in [6.07, 6.45) is -4.74. The summed E-state index contributed by atoms with van der Waals surface area (Å²) in [5.41, 5.74) is 7.66. The van der Waals surface area contributed by atoms with Gasteiger partial charge in [0.25, 0.3) is 0 Å². The molecule has 8 heteroatoms. The molecule has 3 rings (SSSR count). The maximum Gasteiger partial charge on any atom is 0.573 e. The molecule has 0 aromatic heterocycles. The molecule has 2 aromatic rings. The minimum atomic E-state index is -4.74. The number of nitrogens with two attached hydrogens (primary N) is 1. The van der Waals surface area contributed by atoms with E-state index in [1.165, 1.54) is 12.1 Å². The Morgan fingerprint density at radius 3 is 2.43 bits per heavy atom. The van der Waals surface area contributed by atoms with E-state index in [1.807, 2.05) is 24.3 Å². The Hall–Kier alpha value is -2.45. The van der Waals surface area contributed by atoms with Crippen molar-refractivity contribution in [3.8, 4) is 11.5 Å². The fourth-order valence-electron chi connectivity index (χ4n) is 3.38. The minimum absolute atomic E-state index is 0.238. The third-order valence-corrected chi connectivity index (χ3v) is 4.79. The molecule has 0 radical (unpaired) electrons. The van der Waals surface area contributed by atoms with Crippen molar-refractivity contribution in [2.45, 2.75) is 12.4 Å². The van der Waals surface area contributed by atoms with Crippen LogP contribution < -0.4 is 20.1 Å². The van der Waals surface area contributed by atoms with Gasteiger partial charge >= 0.3 is 6.36 Å². The van der Waals surface area contributed by atoms with Crippen LogP contribution in [0.15, 0.2) is 48.5 Å². The second kappa shape index (κ2) is 8.70. The number of nitrogens with zero attached hydrogens (tertiary/aromatic N) is 2. The SMILES string of the molecule is COc1cccc(N2CCN(CC(N)c3ccccc3OC(F)(F)F)CC2)c1. The topological polar surface area (TPSA) is 51.0 Å². The van der Waals surface area contributed by atoms with Gasteiger partial charge in [-0.3, -0.25) is 4.90 Å². The summed E-state index contributed by atoms with van der Waals surface area (Å²) in [5.74, 6) is 0.570. The molecule has 1 atom stereocenters. The van der Waals surface area contributed by atoms with Gasteiger partial charge < -0.3 is 20.1 Å². The highest BCUT2D eigenvalue weighted by Crippen LogP contribution is 2.30. The highest BCUT2D eigenvalue weighted by Gasteiger charge is 2.33. The van der Waals surface area contributed by atoms with Crippen LogP contribution in [0.1, 0.15) is 11.6 Å². The summed E-state index contributed by atoms with van der Waals surface area (Å²) in [5, 5.41) is 0. The molecular weight excluding hydrogens is 371 g/mol. The standard InChI is InChI=1S/C20H24F3N3O2/c1-27-16-6-4-5-15(13-16)26-11-9-25(10-12-26)14-18(24)17-7-2-3-8-19(17)28-20(21,22)23/h2-8,13,18H,9-12,14,24H2,1H3. The maximum atomic E-state index is 12.6. The van der Waals surface area contributed by atoms with Crippen LogP contribution in [-0.2, 0) is 0 Å². The summed E-state index contributed by atoms with van der Waals surface area (Å²) < 4.78 is 47.2. The van der Waals surface area contributed by atoms with Crippen LogP contribution in [0.4, 0.5) is 18.9 Å². The van der Waals surface area contributed by atoms with Gasteiger partial charge in [0.05, 0.1) is 7.11 Å². The number of halogens is 3. The first-order valence-electron chi connectivity index (χ1n) is 9.07. The lowest BCUT2D eigenvalue weighted by Crippen LogP contribution is -2.48. The fraction of sp³-hybridized carbons (Fsp3) is 0.400. The molecule has 2 N–H and O–H groups in total. The van der Waals surface area contributed by atoms with Gasteiger partial charge in [0.2, 0.25) is 0 Å². The summed E-state index contributed by atoms with van der Waals surface area (Å²) in [6, 6.07) is 13.4. The van der Waals surface area contributed by atoms with Gasteiger partial charge in [0, 0.05) is 56.1 Å². The first-order chi connectivity index (χ1) is 13.4. The van der Waals surface area contributed by atoms with Gasteiger partial charge in [0.1, 0.15) is 11.5 Å². The molecule has 0 bridgehead atoms. The van der Waals surface area contributed by atoms with E-state index < -0.39 is 12.4 Å². The number of ether oxygens (including phenoxy) is 2. The Morgan fingerprint density at radius 1 is 1.04 bits per heavy atom. The number of methoxy groups -OCH3 is 1. The van der Waals surface area contributed by atoms with E-state index in [0.717, 1.165) is 37.6 Å². The molecule has 1 unspecified atom stereocenters. The molecule has 0 amide bonds. The summed E-state index contributed by atoms with van der Waals surface area (Å²) in [6.45, 7) is 3.62. The van der Waals surface area contributed by atoms with Gasteiger partial charge in [-0.1, -0.05) is 24.3 Å². The molecule has 0 saturated carbocycles.